The first-order valence-electron chi connectivity index (χ1n) is 9.27. The average Bonchev–Trinajstić information content (AvgIpc) is 3.08. The van der Waals surface area contributed by atoms with Crippen LogP contribution in [0, 0.1) is 17.8 Å². The molecule has 0 aliphatic heterocycles. The summed E-state index contributed by atoms with van der Waals surface area (Å²) in [4.78, 5) is 38.3. The Kier molecular flexibility index (Phi) is 5.96. The molecule has 3 atom stereocenters. The Bertz CT molecular complexity index is 700. The van der Waals surface area contributed by atoms with Crippen LogP contribution in [-0.4, -0.2) is 24.9 Å². The van der Waals surface area contributed by atoms with E-state index in [0.29, 0.717) is 17.2 Å². The first-order valence-corrected chi connectivity index (χ1v) is 10.1. The van der Waals surface area contributed by atoms with Crippen molar-refractivity contribution >= 4 is 29.1 Å². The molecule has 0 unspecified atom stereocenters. The van der Waals surface area contributed by atoms with E-state index in [4.69, 9.17) is 4.74 Å². The molecule has 2 aliphatic rings. The van der Waals surface area contributed by atoms with Crippen LogP contribution in [0.4, 0.5) is 0 Å². The molecule has 2 N–H and O–H groups in total. The number of hydrazine groups is 1. The van der Waals surface area contributed by atoms with E-state index in [9.17, 15) is 14.4 Å². The number of fused-ring (bicyclic) bond motifs is 1. The molecule has 1 aromatic heterocycles. The first-order chi connectivity index (χ1) is 12.5. The molecule has 6 nitrogen and oxygen atoms in total. The van der Waals surface area contributed by atoms with Gasteiger partial charge in [-0.05, 0) is 56.1 Å². The molecule has 1 saturated carbocycles. The molecule has 1 heterocycles. The molecule has 0 radical (unpaired) electrons. The van der Waals surface area contributed by atoms with Crippen molar-refractivity contribution < 1.29 is 19.1 Å². The summed E-state index contributed by atoms with van der Waals surface area (Å²) in [5.41, 5.74) is 6.33. The number of esters is 1. The van der Waals surface area contributed by atoms with Crippen LogP contribution in [0.3, 0.4) is 0 Å². The number of carbonyl (C=O) groups excluding carboxylic acids is 3. The second kappa shape index (κ2) is 8.20. The Labute approximate surface area is 157 Å². The van der Waals surface area contributed by atoms with Crippen molar-refractivity contribution in [1.29, 1.82) is 0 Å². The third-order valence-corrected chi connectivity index (χ3v) is 6.67. The molecule has 142 valence electrons. The minimum atomic E-state index is -0.273. The van der Waals surface area contributed by atoms with Gasteiger partial charge < -0.3 is 4.74 Å². The Balaban J connectivity index is 1.53. The van der Waals surface area contributed by atoms with E-state index < -0.39 is 0 Å². The van der Waals surface area contributed by atoms with Crippen molar-refractivity contribution in [3.05, 3.63) is 21.4 Å². The van der Waals surface area contributed by atoms with Gasteiger partial charge in [0, 0.05) is 10.8 Å². The summed E-state index contributed by atoms with van der Waals surface area (Å²) in [7, 11) is 1.37. The third kappa shape index (κ3) is 4.26. The maximum absolute atomic E-state index is 12.4. The van der Waals surface area contributed by atoms with E-state index in [2.05, 4.69) is 17.8 Å². The van der Waals surface area contributed by atoms with Crippen LogP contribution in [0.5, 0.6) is 0 Å². The molecule has 3 rings (SSSR count). The van der Waals surface area contributed by atoms with Gasteiger partial charge in [-0.25, -0.2) is 0 Å². The Morgan fingerprint density at radius 1 is 1.15 bits per heavy atom. The minimum Gasteiger partial charge on any atom is -0.469 e. The first kappa shape index (κ1) is 18.9. The van der Waals surface area contributed by atoms with Gasteiger partial charge in [-0.3, -0.25) is 25.2 Å². The zero-order valence-corrected chi connectivity index (χ0v) is 16.1. The van der Waals surface area contributed by atoms with Gasteiger partial charge in [-0.2, -0.15) is 0 Å². The standard InChI is InChI=1S/C19H26N2O4S/c1-11-6-7-15-14(8-11)10-16(26-15)18(23)21-20-17(22)12-4-3-5-13(9-12)19(24)25-2/h10-13H,3-9H2,1-2H3,(H,20,22)(H,21,23)/t11-,12-,13-/m1/s1. The van der Waals surface area contributed by atoms with Crippen LogP contribution in [0.1, 0.15) is 59.1 Å². The molecule has 2 amide bonds. The predicted molar refractivity (Wildman–Crippen MR) is 98.6 cm³/mol. The predicted octanol–water partition coefficient (Wildman–Crippen LogP) is 2.61. The number of amides is 2. The number of carbonyl (C=O) groups is 3. The molecule has 1 fully saturated rings. The lowest BCUT2D eigenvalue weighted by atomic mass is 9.81. The molecular weight excluding hydrogens is 352 g/mol. The highest BCUT2D eigenvalue weighted by atomic mass is 32.1. The van der Waals surface area contributed by atoms with E-state index in [-0.39, 0.29) is 29.6 Å². The molecule has 1 aromatic rings. The number of nitrogens with one attached hydrogen (secondary N) is 2. The van der Waals surface area contributed by atoms with Crippen molar-refractivity contribution in [2.75, 3.05) is 7.11 Å². The topological polar surface area (TPSA) is 84.5 Å². The fourth-order valence-electron chi connectivity index (χ4n) is 3.91. The van der Waals surface area contributed by atoms with Crippen LogP contribution in [-0.2, 0) is 27.2 Å². The summed E-state index contributed by atoms with van der Waals surface area (Å²) in [5, 5.41) is 0. The lowest BCUT2D eigenvalue weighted by molar-refractivity contribution is -0.147. The van der Waals surface area contributed by atoms with E-state index in [1.807, 2.05) is 6.07 Å². The maximum atomic E-state index is 12.4. The third-order valence-electron chi connectivity index (χ3n) is 5.43. The summed E-state index contributed by atoms with van der Waals surface area (Å²) in [6, 6.07) is 1.95. The van der Waals surface area contributed by atoms with Crippen molar-refractivity contribution in [3.63, 3.8) is 0 Å². The van der Waals surface area contributed by atoms with Crippen LogP contribution >= 0.6 is 11.3 Å². The van der Waals surface area contributed by atoms with Crippen LogP contribution in [0.2, 0.25) is 0 Å². The Morgan fingerprint density at radius 2 is 1.92 bits per heavy atom. The van der Waals surface area contributed by atoms with E-state index in [1.54, 1.807) is 0 Å². The number of rotatable bonds is 3. The van der Waals surface area contributed by atoms with Gasteiger partial charge in [0.25, 0.3) is 5.91 Å². The van der Waals surface area contributed by atoms with Gasteiger partial charge in [0.1, 0.15) is 0 Å². The highest BCUT2D eigenvalue weighted by Crippen LogP contribution is 2.32. The van der Waals surface area contributed by atoms with E-state index >= 15 is 0 Å². The highest BCUT2D eigenvalue weighted by molar-refractivity contribution is 7.14. The molecule has 7 heteroatoms. The normalized spacial score (nSPS) is 25.1. The molecule has 0 bridgehead atoms. The van der Waals surface area contributed by atoms with Crippen LogP contribution in [0.25, 0.3) is 0 Å². The number of hydrogen-bond donors (Lipinski definition) is 2. The average molecular weight is 378 g/mol. The summed E-state index contributed by atoms with van der Waals surface area (Å²) in [6.07, 6.45) is 5.96. The van der Waals surface area contributed by atoms with Crippen molar-refractivity contribution in [2.45, 2.75) is 51.9 Å². The van der Waals surface area contributed by atoms with Gasteiger partial charge in [-0.15, -0.1) is 11.3 Å². The van der Waals surface area contributed by atoms with Gasteiger partial charge in [-0.1, -0.05) is 13.3 Å². The number of ether oxygens (including phenoxy) is 1. The van der Waals surface area contributed by atoms with E-state index in [0.717, 1.165) is 38.5 Å². The number of thiophene rings is 1. The van der Waals surface area contributed by atoms with Gasteiger partial charge >= 0.3 is 5.97 Å². The molecule has 2 aliphatic carbocycles. The number of hydrogen-bond acceptors (Lipinski definition) is 5. The Hall–Kier alpha value is -1.89. The van der Waals surface area contributed by atoms with Crippen LogP contribution in [0.15, 0.2) is 6.07 Å². The van der Waals surface area contributed by atoms with Crippen molar-refractivity contribution in [3.8, 4) is 0 Å². The second-order valence-electron chi connectivity index (χ2n) is 7.43. The SMILES string of the molecule is COC(=O)[C@@H]1CCC[C@@H](C(=O)NNC(=O)c2cc3c(s2)CC[C@@H](C)C3)C1. The van der Waals surface area contributed by atoms with Crippen molar-refractivity contribution in [2.24, 2.45) is 17.8 Å². The van der Waals surface area contributed by atoms with Gasteiger partial charge in [0.2, 0.25) is 5.91 Å². The number of aryl methyl sites for hydroxylation is 1. The molecule has 0 aromatic carbocycles. The summed E-state index contributed by atoms with van der Waals surface area (Å²) in [5.74, 6) is -0.615. The molecule has 0 saturated heterocycles. The van der Waals surface area contributed by atoms with E-state index in [1.165, 1.54) is 28.9 Å². The fraction of sp³-hybridized carbons (Fsp3) is 0.632. The summed E-state index contributed by atoms with van der Waals surface area (Å²) >= 11 is 1.52. The smallest absolute Gasteiger partial charge is 0.308 e. The largest absolute Gasteiger partial charge is 0.469 e. The van der Waals surface area contributed by atoms with Gasteiger partial charge in [0.05, 0.1) is 17.9 Å². The fourth-order valence-corrected chi connectivity index (χ4v) is 5.01. The second-order valence-corrected chi connectivity index (χ2v) is 8.57. The zero-order chi connectivity index (χ0) is 18.7. The quantitative estimate of drug-likeness (QED) is 0.625. The highest BCUT2D eigenvalue weighted by Gasteiger charge is 2.32. The van der Waals surface area contributed by atoms with Gasteiger partial charge in [0.15, 0.2) is 0 Å². The summed E-state index contributed by atoms with van der Waals surface area (Å²) in [6.45, 7) is 2.23. The lowest BCUT2D eigenvalue weighted by Crippen LogP contribution is -2.45. The minimum absolute atomic E-state index is 0.230. The lowest BCUT2D eigenvalue weighted by Gasteiger charge is -2.26. The monoisotopic (exact) mass is 378 g/mol. The number of methoxy groups -OCH3 is 1. The van der Waals surface area contributed by atoms with Crippen molar-refractivity contribution in [1.82, 2.24) is 10.9 Å². The molecular formula is C19H26N2O4S. The zero-order valence-electron chi connectivity index (χ0n) is 15.3. The maximum Gasteiger partial charge on any atom is 0.308 e. The van der Waals surface area contributed by atoms with Crippen LogP contribution < -0.4 is 10.9 Å². The Morgan fingerprint density at radius 3 is 2.69 bits per heavy atom. The molecule has 26 heavy (non-hydrogen) atoms. The summed E-state index contributed by atoms with van der Waals surface area (Å²) < 4.78 is 4.78. The molecule has 0 spiro atoms.